The van der Waals surface area contributed by atoms with Gasteiger partial charge in [0.25, 0.3) is 0 Å². The van der Waals surface area contributed by atoms with Crippen LogP contribution >= 0.6 is 0 Å². The van der Waals surface area contributed by atoms with E-state index in [1.54, 1.807) is 20.8 Å². The van der Waals surface area contributed by atoms with E-state index >= 15 is 0 Å². The van der Waals surface area contributed by atoms with Crippen molar-refractivity contribution < 1.29 is 18.7 Å². The zero-order chi connectivity index (χ0) is 11.8. The van der Waals surface area contributed by atoms with Crippen molar-refractivity contribution in [1.82, 2.24) is 10.6 Å². The summed E-state index contributed by atoms with van der Waals surface area (Å²) >= 11 is 0. The van der Waals surface area contributed by atoms with Gasteiger partial charge in [0.2, 0.25) is 5.91 Å². The Kier molecular flexibility index (Phi) is 6.40. The molecule has 0 aliphatic heterocycles. The number of carbonyl (C=O) groups excluding carboxylic acids is 2. The first kappa shape index (κ1) is 13.7. The second kappa shape index (κ2) is 7.03. The fourth-order valence-corrected chi connectivity index (χ4v) is 0.874. The summed E-state index contributed by atoms with van der Waals surface area (Å²) < 4.78 is 17.0. The molecule has 0 radical (unpaired) electrons. The largest absolute Gasteiger partial charge is 0.450 e. The number of ether oxygens (including phenoxy) is 1. The average molecular weight is 220 g/mol. The van der Waals surface area contributed by atoms with Crippen molar-refractivity contribution in [2.24, 2.45) is 0 Å². The molecule has 0 fully saturated rings. The van der Waals surface area contributed by atoms with Crippen molar-refractivity contribution in [2.45, 2.75) is 32.9 Å². The van der Waals surface area contributed by atoms with Crippen molar-refractivity contribution in [2.75, 3.05) is 13.3 Å². The van der Waals surface area contributed by atoms with Crippen LogP contribution in [0.4, 0.5) is 9.18 Å². The lowest BCUT2D eigenvalue weighted by Crippen LogP contribution is -2.49. The molecule has 0 aliphatic rings. The monoisotopic (exact) mass is 220 g/mol. The van der Waals surface area contributed by atoms with Gasteiger partial charge in [0.15, 0.2) is 0 Å². The van der Waals surface area contributed by atoms with Crippen molar-refractivity contribution >= 4 is 12.0 Å². The van der Waals surface area contributed by atoms with E-state index in [1.807, 2.05) is 0 Å². The summed E-state index contributed by atoms with van der Waals surface area (Å²) in [7, 11) is 0. The van der Waals surface area contributed by atoms with E-state index in [9.17, 15) is 14.0 Å². The molecule has 88 valence electrons. The quantitative estimate of drug-likeness (QED) is 0.712. The van der Waals surface area contributed by atoms with Crippen molar-refractivity contribution in [3.05, 3.63) is 0 Å². The van der Waals surface area contributed by atoms with Gasteiger partial charge < -0.3 is 15.4 Å². The van der Waals surface area contributed by atoms with E-state index in [-0.39, 0.29) is 12.6 Å². The van der Waals surface area contributed by atoms with Gasteiger partial charge in [-0.2, -0.15) is 0 Å². The Labute approximate surface area is 88.4 Å². The lowest BCUT2D eigenvalue weighted by atomic mass is 10.3. The Morgan fingerprint density at radius 3 is 2.33 bits per heavy atom. The third-order valence-corrected chi connectivity index (χ3v) is 1.47. The smallest absolute Gasteiger partial charge is 0.407 e. The minimum Gasteiger partial charge on any atom is -0.450 e. The zero-order valence-corrected chi connectivity index (χ0v) is 9.17. The summed E-state index contributed by atoms with van der Waals surface area (Å²) in [6.07, 6.45) is -0.793. The van der Waals surface area contributed by atoms with Gasteiger partial charge in [0.1, 0.15) is 12.7 Å². The molecule has 0 spiro atoms. The molecule has 0 aliphatic carbocycles. The highest BCUT2D eigenvalue weighted by Gasteiger charge is 2.21. The summed E-state index contributed by atoms with van der Waals surface area (Å²) in [4.78, 5) is 22.2. The first-order valence-corrected chi connectivity index (χ1v) is 4.80. The summed E-state index contributed by atoms with van der Waals surface area (Å²) in [5, 5.41) is 4.62. The Balaban J connectivity index is 4.12. The van der Waals surface area contributed by atoms with E-state index in [0.717, 1.165) is 0 Å². The number of hydrogen-bond acceptors (Lipinski definition) is 3. The predicted octanol–water partition coefficient (Wildman–Crippen LogP) is 0.595. The van der Waals surface area contributed by atoms with Crippen LogP contribution in [0.3, 0.4) is 0 Å². The van der Waals surface area contributed by atoms with Gasteiger partial charge in [-0.15, -0.1) is 0 Å². The number of halogens is 1. The van der Waals surface area contributed by atoms with Crippen LogP contribution in [0.5, 0.6) is 0 Å². The minimum absolute atomic E-state index is 0.101. The molecule has 0 bridgehead atoms. The molecule has 0 aromatic heterocycles. The second-order valence-corrected chi connectivity index (χ2v) is 3.23. The number of alkyl halides is 1. The van der Waals surface area contributed by atoms with Gasteiger partial charge in [-0.1, -0.05) is 0 Å². The van der Waals surface area contributed by atoms with Gasteiger partial charge in [-0.05, 0) is 20.8 Å². The van der Waals surface area contributed by atoms with E-state index in [4.69, 9.17) is 0 Å². The molecule has 1 unspecified atom stereocenters. The van der Waals surface area contributed by atoms with Crippen LogP contribution in [0.2, 0.25) is 0 Å². The van der Waals surface area contributed by atoms with E-state index in [0.29, 0.717) is 0 Å². The fraction of sp³-hybridized carbons (Fsp3) is 0.778. The van der Waals surface area contributed by atoms with Crippen LogP contribution in [-0.4, -0.2) is 37.4 Å². The maximum absolute atomic E-state index is 12.4. The number of carbonyl (C=O) groups is 2. The highest BCUT2D eigenvalue weighted by Crippen LogP contribution is 1.90. The molecule has 0 heterocycles. The third kappa shape index (κ3) is 5.87. The lowest BCUT2D eigenvalue weighted by molar-refractivity contribution is -0.123. The highest BCUT2D eigenvalue weighted by molar-refractivity contribution is 5.85. The van der Waals surface area contributed by atoms with E-state index in [1.165, 1.54) is 0 Å². The second-order valence-electron chi connectivity index (χ2n) is 3.23. The molecule has 2 N–H and O–H groups in total. The normalized spacial score (nSPS) is 12.1. The van der Waals surface area contributed by atoms with Crippen molar-refractivity contribution in [1.29, 1.82) is 0 Å². The lowest BCUT2D eigenvalue weighted by Gasteiger charge is -2.16. The molecule has 0 aromatic carbocycles. The van der Waals surface area contributed by atoms with Crippen LogP contribution < -0.4 is 10.6 Å². The average Bonchev–Trinajstić information content (AvgIpc) is 2.13. The first-order chi connectivity index (χ1) is 7.01. The Bertz CT molecular complexity index is 221. The van der Waals surface area contributed by atoms with Gasteiger partial charge >= 0.3 is 6.09 Å². The Morgan fingerprint density at radius 1 is 1.33 bits per heavy atom. The van der Waals surface area contributed by atoms with E-state index < -0.39 is 24.7 Å². The molecule has 2 amide bonds. The molecular formula is C9H17FN2O3. The summed E-state index contributed by atoms with van der Waals surface area (Å²) in [6.45, 7) is 4.33. The van der Waals surface area contributed by atoms with Crippen LogP contribution in [0, 0.1) is 0 Å². The number of amides is 2. The molecule has 6 heteroatoms. The summed E-state index contributed by atoms with van der Waals surface area (Å²) in [5.41, 5.74) is 0. The van der Waals surface area contributed by atoms with Gasteiger partial charge in [0, 0.05) is 6.04 Å². The maximum Gasteiger partial charge on any atom is 0.407 e. The third-order valence-electron chi connectivity index (χ3n) is 1.47. The molecular weight excluding hydrogens is 203 g/mol. The molecule has 0 aromatic rings. The fourth-order valence-electron chi connectivity index (χ4n) is 0.874. The van der Waals surface area contributed by atoms with E-state index in [2.05, 4.69) is 15.4 Å². The molecule has 0 saturated carbocycles. The van der Waals surface area contributed by atoms with Gasteiger partial charge in [-0.25, -0.2) is 9.18 Å². The predicted molar refractivity (Wildman–Crippen MR) is 53.2 cm³/mol. The first-order valence-electron chi connectivity index (χ1n) is 4.80. The number of rotatable bonds is 5. The zero-order valence-electron chi connectivity index (χ0n) is 9.17. The molecule has 0 saturated heterocycles. The SMILES string of the molecule is CCOC(=O)NC(CF)C(=O)NC(C)C. The number of nitrogens with one attached hydrogen (secondary N) is 2. The molecule has 15 heavy (non-hydrogen) atoms. The summed E-state index contributed by atoms with van der Waals surface area (Å²) in [6, 6.07) is -1.29. The summed E-state index contributed by atoms with van der Waals surface area (Å²) in [5.74, 6) is -0.555. The molecule has 1 atom stereocenters. The van der Waals surface area contributed by atoms with Crippen molar-refractivity contribution in [3.8, 4) is 0 Å². The Hall–Kier alpha value is -1.33. The Morgan fingerprint density at radius 2 is 1.93 bits per heavy atom. The van der Waals surface area contributed by atoms with Crippen molar-refractivity contribution in [3.63, 3.8) is 0 Å². The molecule has 5 nitrogen and oxygen atoms in total. The number of hydrogen-bond donors (Lipinski definition) is 2. The van der Waals surface area contributed by atoms with Crippen LogP contribution in [-0.2, 0) is 9.53 Å². The van der Waals surface area contributed by atoms with Gasteiger partial charge in [0.05, 0.1) is 6.61 Å². The maximum atomic E-state index is 12.4. The van der Waals surface area contributed by atoms with Crippen LogP contribution in [0.1, 0.15) is 20.8 Å². The van der Waals surface area contributed by atoms with Gasteiger partial charge in [-0.3, -0.25) is 4.79 Å². The standard InChI is InChI=1S/C9H17FN2O3/c1-4-15-9(14)12-7(5-10)8(13)11-6(2)3/h6-7H,4-5H2,1-3H3,(H,11,13)(H,12,14). The van der Waals surface area contributed by atoms with Crippen LogP contribution in [0.15, 0.2) is 0 Å². The number of alkyl carbamates (subject to hydrolysis) is 1. The van der Waals surface area contributed by atoms with Crippen LogP contribution in [0.25, 0.3) is 0 Å². The topological polar surface area (TPSA) is 67.4 Å². The molecule has 0 rings (SSSR count). The highest BCUT2D eigenvalue weighted by atomic mass is 19.1. The minimum atomic E-state index is -1.19.